The number of aromatic nitrogens is 1. The number of nitrogens with zero attached hydrogens (tertiary/aromatic N) is 2. The van der Waals surface area contributed by atoms with E-state index in [4.69, 9.17) is 10.5 Å². The summed E-state index contributed by atoms with van der Waals surface area (Å²) in [6, 6.07) is 1.84. The molecule has 0 aliphatic carbocycles. The van der Waals surface area contributed by atoms with Gasteiger partial charge in [0, 0.05) is 6.54 Å². The Kier molecular flexibility index (Phi) is 4.75. The standard InChI is InChI=1S/C12H19N3O2/c1-4-15(8-11(16)17-5-2)12-9(3)6-10(13)7-14-12/h6-7H,4-5,8,13H2,1-3H3. The van der Waals surface area contributed by atoms with Gasteiger partial charge in [0.1, 0.15) is 12.4 Å². The molecule has 0 amide bonds. The quantitative estimate of drug-likeness (QED) is 0.783. The van der Waals surface area contributed by atoms with Gasteiger partial charge in [0.25, 0.3) is 0 Å². The third-order valence-electron chi connectivity index (χ3n) is 2.38. The fourth-order valence-corrected chi connectivity index (χ4v) is 1.62. The molecule has 0 bridgehead atoms. The molecule has 5 heteroatoms. The highest BCUT2D eigenvalue weighted by atomic mass is 16.5. The van der Waals surface area contributed by atoms with Gasteiger partial charge in [0.2, 0.25) is 0 Å². The second-order valence-corrected chi connectivity index (χ2v) is 3.73. The average molecular weight is 237 g/mol. The van der Waals surface area contributed by atoms with E-state index in [1.165, 1.54) is 0 Å². The molecule has 0 radical (unpaired) electrons. The number of nitrogen functional groups attached to an aromatic ring is 1. The number of ether oxygens (including phenoxy) is 1. The summed E-state index contributed by atoms with van der Waals surface area (Å²) in [4.78, 5) is 17.6. The van der Waals surface area contributed by atoms with Gasteiger partial charge in [-0.25, -0.2) is 4.98 Å². The summed E-state index contributed by atoms with van der Waals surface area (Å²) < 4.78 is 4.93. The number of nitrogens with two attached hydrogens (primary N) is 1. The first-order valence-electron chi connectivity index (χ1n) is 5.71. The predicted molar refractivity (Wildman–Crippen MR) is 67.9 cm³/mol. The Hall–Kier alpha value is -1.78. The third-order valence-corrected chi connectivity index (χ3v) is 2.38. The molecule has 1 heterocycles. The molecule has 0 spiro atoms. The molecule has 1 aromatic rings. The largest absolute Gasteiger partial charge is 0.465 e. The van der Waals surface area contributed by atoms with Crippen LogP contribution in [0.5, 0.6) is 0 Å². The SMILES string of the molecule is CCOC(=O)CN(CC)c1ncc(N)cc1C. The Morgan fingerprint density at radius 2 is 2.24 bits per heavy atom. The summed E-state index contributed by atoms with van der Waals surface area (Å²) in [6.07, 6.45) is 1.59. The number of aryl methyl sites for hydroxylation is 1. The van der Waals surface area contributed by atoms with Crippen molar-refractivity contribution in [3.63, 3.8) is 0 Å². The molecule has 1 aromatic heterocycles. The van der Waals surface area contributed by atoms with Crippen LogP contribution in [0.4, 0.5) is 11.5 Å². The van der Waals surface area contributed by atoms with Crippen LogP contribution in [0.25, 0.3) is 0 Å². The average Bonchev–Trinajstić information content (AvgIpc) is 2.27. The molecule has 0 aliphatic rings. The highest BCUT2D eigenvalue weighted by Gasteiger charge is 2.13. The summed E-state index contributed by atoms with van der Waals surface area (Å²) in [5.74, 6) is 0.530. The highest BCUT2D eigenvalue weighted by Crippen LogP contribution is 2.18. The summed E-state index contributed by atoms with van der Waals surface area (Å²) in [6.45, 7) is 6.98. The number of rotatable bonds is 5. The summed E-state index contributed by atoms with van der Waals surface area (Å²) in [7, 11) is 0. The van der Waals surface area contributed by atoms with Crippen LogP contribution < -0.4 is 10.6 Å². The third kappa shape index (κ3) is 3.62. The molecule has 0 saturated heterocycles. The van der Waals surface area contributed by atoms with Crippen molar-refractivity contribution in [2.24, 2.45) is 0 Å². The Labute approximate surface area is 102 Å². The molecule has 0 fully saturated rings. The Bertz CT molecular complexity index is 393. The smallest absolute Gasteiger partial charge is 0.325 e. The number of hydrogen-bond donors (Lipinski definition) is 1. The molecule has 0 unspecified atom stereocenters. The Morgan fingerprint density at radius 3 is 2.76 bits per heavy atom. The van der Waals surface area contributed by atoms with E-state index in [9.17, 15) is 4.79 Å². The zero-order valence-electron chi connectivity index (χ0n) is 10.6. The minimum absolute atomic E-state index is 0.210. The van der Waals surface area contributed by atoms with Gasteiger partial charge in [0.15, 0.2) is 0 Å². The van der Waals surface area contributed by atoms with Gasteiger partial charge in [-0.3, -0.25) is 4.79 Å². The van der Waals surface area contributed by atoms with Gasteiger partial charge in [-0.15, -0.1) is 0 Å². The van der Waals surface area contributed by atoms with Crippen molar-refractivity contribution < 1.29 is 9.53 Å². The van der Waals surface area contributed by atoms with E-state index in [0.29, 0.717) is 18.8 Å². The van der Waals surface area contributed by atoms with Crippen molar-refractivity contribution in [2.45, 2.75) is 20.8 Å². The molecular formula is C12H19N3O2. The van der Waals surface area contributed by atoms with E-state index < -0.39 is 0 Å². The Morgan fingerprint density at radius 1 is 1.53 bits per heavy atom. The van der Waals surface area contributed by atoms with Crippen molar-refractivity contribution in [3.8, 4) is 0 Å². The van der Waals surface area contributed by atoms with Gasteiger partial charge in [-0.1, -0.05) is 0 Å². The number of carbonyl (C=O) groups excluding carboxylic acids is 1. The lowest BCUT2D eigenvalue weighted by atomic mass is 10.2. The molecule has 5 nitrogen and oxygen atoms in total. The molecule has 0 aromatic carbocycles. The number of esters is 1. The minimum atomic E-state index is -0.243. The topological polar surface area (TPSA) is 68.5 Å². The predicted octanol–water partition coefficient (Wildman–Crippen LogP) is 1.36. The van der Waals surface area contributed by atoms with Crippen LogP contribution in [0.1, 0.15) is 19.4 Å². The number of hydrogen-bond acceptors (Lipinski definition) is 5. The summed E-state index contributed by atoms with van der Waals surface area (Å²) in [5, 5.41) is 0. The second-order valence-electron chi connectivity index (χ2n) is 3.73. The first-order chi connectivity index (χ1) is 8.08. The van der Waals surface area contributed by atoms with Crippen LogP contribution in [-0.2, 0) is 9.53 Å². The van der Waals surface area contributed by atoms with Gasteiger partial charge in [-0.2, -0.15) is 0 Å². The van der Waals surface area contributed by atoms with Crippen molar-refractivity contribution in [3.05, 3.63) is 17.8 Å². The van der Waals surface area contributed by atoms with E-state index in [2.05, 4.69) is 4.98 Å². The first-order valence-corrected chi connectivity index (χ1v) is 5.71. The molecule has 0 atom stereocenters. The minimum Gasteiger partial charge on any atom is -0.465 e. The fourth-order valence-electron chi connectivity index (χ4n) is 1.62. The lowest BCUT2D eigenvalue weighted by Crippen LogP contribution is -2.32. The van der Waals surface area contributed by atoms with Crippen molar-refractivity contribution in [1.82, 2.24) is 4.98 Å². The van der Waals surface area contributed by atoms with E-state index in [0.717, 1.165) is 11.4 Å². The highest BCUT2D eigenvalue weighted by molar-refractivity contribution is 5.75. The molecular weight excluding hydrogens is 218 g/mol. The van der Waals surface area contributed by atoms with Gasteiger partial charge >= 0.3 is 5.97 Å². The zero-order chi connectivity index (χ0) is 12.8. The first kappa shape index (κ1) is 13.3. The molecule has 0 aliphatic heterocycles. The normalized spacial score (nSPS) is 10.1. The van der Waals surface area contributed by atoms with E-state index in [-0.39, 0.29) is 12.5 Å². The number of likely N-dealkylation sites (N-methyl/N-ethyl adjacent to an activating group) is 1. The maximum atomic E-state index is 11.4. The van der Waals surface area contributed by atoms with Crippen LogP contribution in [0, 0.1) is 6.92 Å². The van der Waals surface area contributed by atoms with Gasteiger partial charge in [0.05, 0.1) is 18.5 Å². The van der Waals surface area contributed by atoms with E-state index in [1.54, 1.807) is 13.1 Å². The molecule has 1 rings (SSSR count). The van der Waals surface area contributed by atoms with Crippen LogP contribution in [0.3, 0.4) is 0 Å². The summed E-state index contributed by atoms with van der Waals surface area (Å²) >= 11 is 0. The lowest BCUT2D eigenvalue weighted by Gasteiger charge is -2.22. The van der Waals surface area contributed by atoms with E-state index in [1.807, 2.05) is 24.8 Å². The van der Waals surface area contributed by atoms with E-state index >= 15 is 0 Å². The van der Waals surface area contributed by atoms with Crippen molar-refractivity contribution in [2.75, 3.05) is 30.3 Å². The lowest BCUT2D eigenvalue weighted by molar-refractivity contribution is -0.141. The maximum Gasteiger partial charge on any atom is 0.325 e. The van der Waals surface area contributed by atoms with Gasteiger partial charge in [-0.05, 0) is 32.4 Å². The van der Waals surface area contributed by atoms with Crippen molar-refractivity contribution >= 4 is 17.5 Å². The molecule has 94 valence electrons. The second kappa shape index (κ2) is 6.08. The van der Waals surface area contributed by atoms with Crippen molar-refractivity contribution in [1.29, 1.82) is 0 Å². The molecule has 0 saturated carbocycles. The zero-order valence-corrected chi connectivity index (χ0v) is 10.6. The van der Waals surface area contributed by atoms with Crippen LogP contribution in [-0.4, -0.2) is 30.6 Å². The van der Waals surface area contributed by atoms with Crippen LogP contribution >= 0.6 is 0 Å². The molecule has 2 N–H and O–H groups in total. The monoisotopic (exact) mass is 237 g/mol. The van der Waals surface area contributed by atoms with Crippen LogP contribution in [0.2, 0.25) is 0 Å². The maximum absolute atomic E-state index is 11.4. The number of anilines is 2. The Balaban J connectivity index is 2.82. The summed E-state index contributed by atoms with van der Waals surface area (Å²) in [5.41, 5.74) is 7.22. The number of carbonyl (C=O) groups is 1. The van der Waals surface area contributed by atoms with Crippen LogP contribution in [0.15, 0.2) is 12.3 Å². The number of pyridine rings is 1. The molecule has 17 heavy (non-hydrogen) atoms. The fraction of sp³-hybridized carbons (Fsp3) is 0.500. The van der Waals surface area contributed by atoms with Gasteiger partial charge < -0.3 is 15.4 Å².